The number of nitrogens with zero attached hydrogens (tertiary/aromatic N) is 1. The summed E-state index contributed by atoms with van der Waals surface area (Å²) >= 11 is 1.91. The summed E-state index contributed by atoms with van der Waals surface area (Å²) in [6.45, 7) is 1.02. The van der Waals surface area contributed by atoms with Gasteiger partial charge in [0.1, 0.15) is 0 Å². The van der Waals surface area contributed by atoms with Crippen LogP contribution in [0.3, 0.4) is 0 Å². The minimum absolute atomic E-state index is 0.0800. The number of thioether (sulfide) groups is 1. The van der Waals surface area contributed by atoms with Crippen molar-refractivity contribution in [1.29, 1.82) is 0 Å². The van der Waals surface area contributed by atoms with Crippen LogP contribution in [0.4, 0.5) is 4.79 Å². The molecule has 2 aliphatic rings. The van der Waals surface area contributed by atoms with Gasteiger partial charge >= 0.3 is 12.0 Å². The van der Waals surface area contributed by atoms with Gasteiger partial charge in [-0.2, -0.15) is 11.8 Å². The average molecular weight is 300 g/mol. The van der Waals surface area contributed by atoms with E-state index in [1.807, 2.05) is 11.8 Å². The van der Waals surface area contributed by atoms with Gasteiger partial charge in [0.25, 0.3) is 0 Å². The van der Waals surface area contributed by atoms with Crippen LogP contribution in [0.15, 0.2) is 0 Å². The van der Waals surface area contributed by atoms with E-state index in [2.05, 4.69) is 11.6 Å². The third-order valence-electron chi connectivity index (χ3n) is 4.39. The zero-order chi connectivity index (χ0) is 14.5. The Labute approximate surface area is 124 Å². The lowest BCUT2D eigenvalue weighted by atomic mass is 9.95. The molecule has 0 spiro atoms. The first kappa shape index (κ1) is 15.5. The number of carbonyl (C=O) groups is 2. The molecule has 0 aromatic carbocycles. The molecule has 1 saturated heterocycles. The van der Waals surface area contributed by atoms with Gasteiger partial charge < -0.3 is 15.3 Å². The molecule has 0 aromatic rings. The lowest BCUT2D eigenvalue weighted by molar-refractivity contribution is -0.143. The van der Waals surface area contributed by atoms with Gasteiger partial charge in [-0.1, -0.05) is 0 Å². The van der Waals surface area contributed by atoms with Gasteiger partial charge in [-0.05, 0) is 44.8 Å². The summed E-state index contributed by atoms with van der Waals surface area (Å²) in [6.07, 6.45) is 7.99. The van der Waals surface area contributed by atoms with E-state index in [9.17, 15) is 9.59 Å². The molecule has 1 saturated carbocycles. The number of urea groups is 1. The highest BCUT2D eigenvalue weighted by Crippen LogP contribution is 2.27. The second-order valence-corrected chi connectivity index (χ2v) is 6.92. The Balaban J connectivity index is 1.78. The predicted molar refractivity (Wildman–Crippen MR) is 80.0 cm³/mol. The smallest absolute Gasteiger partial charge is 0.317 e. The van der Waals surface area contributed by atoms with E-state index < -0.39 is 11.9 Å². The van der Waals surface area contributed by atoms with Crippen molar-refractivity contribution in [2.24, 2.45) is 5.92 Å². The SMILES string of the molecule is CSC1CCC(NC(=O)N2CCC[C@@H](C(=O)O)C2)CC1. The Hall–Kier alpha value is -0.910. The van der Waals surface area contributed by atoms with Crippen molar-refractivity contribution in [3.63, 3.8) is 0 Å². The maximum absolute atomic E-state index is 12.2. The summed E-state index contributed by atoms with van der Waals surface area (Å²) in [4.78, 5) is 24.9. The van der Waals surface area contributed by atoms with Crippen LogP contribution in [0.25, 0.3) is 0 Å². The molecule has 1 atom stereocenters. The van der Waals surface area contributed by atoms with E-state index in [-0.39, 0.29) is 12.1 Å². The Morgan fingerprint density at radius 3 is 2.50 bits per heavy atom. The number of amides is 2. The highest BCUT2D eigenvalue weighted by molar-refractivity contribution is 7.99. The summed E-state index contributed by atoms with van der Waals surface area (Å²) in [5.41, 5.74) is 0. The molecule has 0 aromatic heterocycles. The lowest BCUT2D eigenvalue weighted by Gasteiger charge is -2.34. The van der Waals surface area contributed by atoms with Crippen molar-refractivity contribution in [2.45, 2.75) is 49.8 Å². The van der Waals surface area contributed by atoms with Crippen LogP contribution in [0.5, 0.6) is 0 Å². The van der Waals surface area contributed by atoms with Crippen molar-refractivity contribution in [3.8, 4) is 0 Å². The Kier molecular flexibility index (Phi) is 5.57. The Morgan fingerprint density at radius 2 is 1.90 bits per heavy atom. The minimum atomic E-state index is -0.789. The number of carbonyl (C=O) groups excluding carboxylic acids is 1. The molecule has 0 radical (unpaired) electrons. The summed E-state index contributed by atoms with van der Waals surface area (Å²) in [7, 11) is 0. The van der Waals surface area contributed by atoms with Crippen molar-refractivity contribution in [3.05, 3.63) is 0 Å². The van der Waals surface area contributed by atoms with Crippen molar-refractivity contribution in [2.75, 3.05) is 19.3 Å². The fourth-order valence-corrected chi connectivity index (χ4v) is 3.82. The van der Waals surface area contributed by atoms with Gasteiger partial charge in [-0.25, -0.2) is 4.79 Å². The summed E-state index contributed by atoms with van der Waals surface area (Å²) < 4.78 is 0. The summed E-state index contributed by atoms with van der Waals surface area (Å²) in [5, 5.41) is 12.9. The molecule has 6 heteroatoms. The zero-order valence-corrected chi connectivity index (χ0v) is 12.8. The zero-order valence-electron chi connectivity index (χ0n) is 12.0. The number of carboxylic acids is 1. The molecule has 2 N–H and O–H groups in total. The predicted octanol–water partition coefficient (Wildman–Crippen LogP) is 2.17. The summed E-state index contributed by atoms with van der Waals surface area (Å²) in [5.74, 6) is -1.19. The molecule has 5 nitrogen and oxygen atoms in total. The lowest BCUT2D eigenvalue weighted by Crippen LogP contribution is -2.50. The number of aliphatic carboxylic acids is 1. The topological polar surface area (TPSA) is 69.6 Å². The van der Waals surface area contributed by atoms with Gasteiger partial charge in [0.15, 0.2) is 0 Å². The molecule has 1 aliphatic carbocycles. The molecule has 1 aliphatic heterocycles. The van der Waals surface area contributed by atoms with Crippen molar-refractivity contribution >= 4 is 23.8 Å². The number of carboxylic acid groups (broad SMARTS) is 1. The number of piperidine rings is 1. The highest BCUT2D eigenvalue weighted by Gasteiger charge is 2.29. The van der Waals surface area contributed by atoms with E-state index in [4.69, 9.17) is 5.11 Å². The average Bonchev–Trinajstić information content (AvgIpc) is 2.48. The number of hydrogen-bond donors (Lipinski definition) is 2. The Morgan fingerprint density at radius 1 is 1.20 bits per heavy atom. The number of nitrogens with one attached hydrogen (secondary N) is 1. The fourth-order valence-electron chi connectivity index (χ4n) is 3.07. The molecule has 2 fully saturated rings. The largest absolute Gasteiger partial charge is 0.481 e. The Bertz CT molecular complexity index is 356. The number of rotatable bonds is 3. The van der Waals surface area contributed by atoms with Gasteiger partial charge in [-0.3, -0.25) is 4.79 Å². The second-order valence-electron chi connectivity index (χ2n) is 5.78. The third kappa shape index (κ3) is 4.04. The molecule has 0 bridgehead atoms. The van der Waals surface area contributed by atoms with E-state index in [0.29, 0.717) is 19.5 Å². The molecule has 1 heterocycles. The van der Waals surface area contributed by atoms with Crippen LogP contribution in [0.1, 0.15) is 38.5 Å². The maximum Gasteiger partial charge on any atom is 0.317 e. The van der Waals surface area contributed by atoms with Gasteiger partial charge in [-0.15, -0.1) is 0 Å². The summed E-state index contributed by atoms with van der Waals surface area (Å²) in [6, 6.07) is 0.180. The van der Waals surface area contributed by atoms with E-state index in [0.717, 1.165) is 37.4 Å². The van der Waals surface area contributed by atoms with E-state index >= 15 is 0 Å². The van der Waals surface area contributed by atoms with Gasteiger partial charge in [0.05, 0.1) is 5.92 Å². The van der Waals surface area contributed by atoms with Crippen LogP contribution >= 0.6 is 11.8 Å². The first-order chi connectivity index (χ1) is 9.60. The highest BCUT2D eigenvalue weighted by atomic mass is 32.2. The number of hydrogen-bond acceptors (Lipinski definition) is 3. The molecular weight excluding hydrogens is 276 g/mol. The third-order valence-corrected chi connectivity index (χ3v) is 5.53. The minimum Gasteiger partial charge on any atom is -0.481 e. The van der Waals surface area contributed by atoms with Gasteiger partial charge in [0.2, 0.25) is 0 Å². The van der Waals surface area contributed by atoms with Crippen molar-refractivity contribution < 1.29 is 14.7 Å². The standard InChI is InChI=1S/C14H24N2O3S/c1-20-12-6-4-11(5-7-12)15-14(19)16-8-2-3-10(9-16)13(17)18/h10-12H,2-9H2,1H3,(H,15,19)(H,17,18)/t10-,11?,12?/m1/s1. The molecule has 0 unspecified atom stereocenters. The van der Waals surface area contributed by atoms with Crippen LogP contribution in [-0.4, -0.2) is 52.6 Å². The van der Waals surface area contributed by atoms with Crippen molar-refractivity contribution in [1.82, 2.24) is 10.2 Å². The van der Waals surface area contributed by atoms with E-state index in [1.165, 1.54) is 0 Å². The first-order valence-electron chi connectivity index (χ1n) is 7.41. The van der Waals surface area contributed by atoms with Crippen LogP contribution < -0.4 is 5.32 Å². The normalized spacial score (nSPS) is 30.9. The molecular formula is C14H24N2O3S. The molecule has 2 rings (SSSR count). The fraction of sp³-hybridized carbons (Fsp3) is 0.857. The number of likely N-dealkylation sites (tertiary alicyclic amines) is 1. The van der Waals surface area contributed by atoms with Crippen LogP contribution in [0.2, 0.25) is 0 Å². The van der Waals surface area contributed by atoms with E-state index in [1.54, 1.807) is 4.90 Å². The van der Waals surface area contributed by atoms with Crippen LogP contribution in [0, 0.1) is 5.92 Å². The first-order valence-corrected chi connectivity index (χ1v) is 8.70. The van der Waals surface area contributed by atoms with Crippen LogP contribution in [-0.2, 0) is 4.79 Å². The molecule has 20 heavy (non-hydrogen) atoms. The molecule has 2 amide bonds. The van der Waals surface area contributed by atoms with Gasteiger partial charge in [0, 0.05) is 24.4 Å². The second kappa shape index (κ2) is 7.20. The molecule has 114 valence electrons. The quantitative estimate of drug-likeness (QED) is 0.838. The monoisotopic (exact) mass is 300 g/mol. The maximum atomic E-state index is 12.2.